The molecule has 0 bridgehead atoms. The van der Waals surface area contributed by atoms with Gasteiger partial charge in [-0.05, 0) is 31.0 Å². The Kier molecular flexibility index (Phi) is 7.10. The van der Waals surface area contributed by atoms with Gasteiger partial charge in [0.05, 0.1) is 15.5 Å². The zero-order valence-electron chi connectivity index (χ0n) is 11.4. The van der Waals surface area contributed by atoms with Crippen molar-refractivity contribution in [2.75, 3.05) is 13.2 Å². The van der Waals surface area contributed by atoms with E-state index in [1.807, 2.05) is 0 Å². The standard InChI is InChI=1S/C13H18ClNO5S/c14-12-9-10(5-6-11(12)13(17)18)21(19,20)15-7-3-1-2-4-8-16/h5-6,9,15-16H,1-4,7-8H2,(H,17,18). The summed E-state index contributed by atoms with van der Waals surface area (Å²) in [6.07, 6.45) is 3.04. The summed E-state index contributed by atoms with van der Waals surface area (Å²) in [5.41, 5.74) is -0.139. The molecule has 0 fully saturated rings. The third-order valence-corrected chi connectivity index (χ3v) is 4.63. The quantitative estimate of drug-likeness (QED) is 0.598. The van der Waals surface area contributed by atoms with Crippen molar-refractivity contribution < 1.29 is 23.4 Å². The number of carboxylic acid groups (broad SMARTS) is 1. The first kappa shape index (κ1) is 17.9. The summed E-state index contributed by atoms with van der Waals surface area (Å²) in [5.74, 6) is -1.21. The van der Waals surface area contributed by atoms with Crippen LogP contribution in [0.4, 0.5) is 0 Å². The SMILES string of the molecule is O=C(O)c1ccc(S(=O)(=O)NCCCCCCO)cc1Cl. The average molecular weight is 336 g/mol. The number of aromatic carboxylic acids is 1. The zero-order valence-corrected chi connectivity index (χ0v) is 13.0. The van der Waals surface area contributed by atoms with Gasteiger partial charge in [0.15, 0.2) is 0 Å². The highest BCUT2D eigenvalue weighted by Gasteiger charge is 2.17. The summed E-state index contributed by atoms with van der Waals surface area (Å²) in [7, 11) is -3.69. The Bertz CT molecular complexity index is 588. The molecule has 0 saturated heterocycles. The van der Waals surface area contributed by atoms with Gasteiger partial charge >= 0.3 is 5.97 Å². The summed E-state index contributed by atoms with van der Waals surface area (Å²) in [6, 6.07) is 3.50. The second-order valence-electron chi connectivity index (χ2n) is 4.48. The monoisotopic (exact) mass is 335 g/mol. The molecular formula is C13H18ClNO5S. The smallest absolute Gasteiger partial charge is 0.337 e. The summed E-state index contributed by atoms with van der Waals surface area (Å²) in [6.45, 7) is 0.423. The number of aliphatic hydroxyl groups is 1. The average Bonchev–Trinajstić information content (AvgIpc) is 2.42. The molecule has 0 unspecified atom stereocenters. The van der Waals surface area contributed by atoms with E-state index in [9.17, 15) is 13.2 Å². The van der Waals surface area contributed by atoms with Crippen LogP contribution in [0.15, 0.2) is 23.1 Å². The van der Waals surface area contributed by atoms with E-state index < -0.39 is 16.0 Å². The highest BCUT2D eigenvalue weighted by Crippen LogP contribution is 2.20. The molecule has 21 heavy (non-hydrogen) atoms. The normalized spacial score (nSPS) is 11.5. The largest absolute Gasteiger partial charge is 0.478 e. The van der Waals surface area contributed by atoms with Crippen LogP contribution in [-0.4, -0.2) is 37.8 Å². The first-order chi connectivity index (χ1) is 9.88. The maximum atomic E-state index is 12.0. The van der Waals surface area contributed by atoms with Crippen LogP contribution in [0.25, 0.3) is 0 Å². The number of carbonyl (C=O) groups is 1. The minimum atomic E-state index is -3.69. The highest BCUT2D eigenvalue weighted by atomic mass is 35.5. The molecule has 0 aliphatic carbocycles. The van der Waals surface area contributed by atoms with Gasteiger partial charge in [-0.2, -0.15) is 0 Å². The van der Waals surface area contributed by atoms with Crippen molar-refractivity contribution in [1.82, 2.24) is 4.72 Å². The Hall–Kier alpha value is -1.15. The van der Waals surface area contributed by atoms with Crippen LogP contribution in [0, 0.1) is 0 Å². The Morgan fingerprint density at radius 2 is 1.86 bits per heavy atom. The molecule has 0 spiro atoms. The zero-order chi connectivity index (χ0) is 15.9. The molecule has 6 nitrogen and oxygen atoms in total. The Morgan fingerprint density at radius 1 is 1.19 bits per heavy atom. The van der Waals surface area contributed by atoms with E-state index in [-0.39, 0.29) is 28.6 Å². The van der Waals surface area contributed by atoms with Crippen LogP contribution in [0.5, 0.6) is 0 Å². The van der Waals surface area contributed by atoms with E-state index in [0.717, 1.165) is 18.9 Å². The summed E-state index contributed by atoms with van der Waals surface area (Å²) in [4.78, 5) is 10.8. The molecule has 118 valence electrons. The number of benzene rings is 1. The second kappa shape index (κ2) is 8.33. The van der Waals surface area contributed by atoms with E-state index in [0.29, 0.717) is 12.8 Å². The predicted octanol–water partition coefficient (Wildman–Crippen LogP) is 1.87. The Labute approximate surface area is 128 Å². The highest BCUT2D eigenvalue weighted by molar-refractivity contribution is 7.89. The number of rotatable bonds is 9. The molecule has 0 aliphatic heterocycles. The lowest BCUT2D eigenvalue weighted by molar-refractivity contribution is 0.0697. The van der Waals surface area contributed by atoms with E-state index in [4.69, 9.17) is 21.8 Å². The molecule has 1 aromatic rings. The lowest BCUT2D eigenvalue weighted by Gasteiger charge is -2.08. The van der Waals surface area contributed by atoms with Gasteiger partial charge in [-0.15, -0.1) is 0 Å². The molecule has 1 rings (SSSR count). The number of hydrogen-bond donors (Lipinski definition) is 3. The summed E-state index contributed by atoms with van der Waals surface area (Å²) < 4.78 is 26.4. The van der Waals surface area contributed by atoms with Gasteiger partial charge in [0.25, 0.3) is 0 Å². The van der Waals surface area contributed by atoms with Crippen molar-refractivity contribution in [3.05, 3.63) is 28.8 Å². The van der Waals surface area contributed by atoms with Crippen LogP contribution in [0.3, 0.4) is 0 Å². The third-order valence-electron chi connectivity index (χ3n) is 2.86. The maximum absolute atomic E-state index is 12.0. The fraction of sp³-hybridized carbons (Fsp3) is 0.462. The molecule has 0 saturated carbocycles. The maximum Gasteiger partial charge on any atom is 0.337 e. The molecule has 0 aliphatic rings. The first-order valence-electron chi connectivity index (χ1n) is 6.52. The molecule has 0 radical (unpaired) electrons. The van der Waals surface area contributed by atoms with Gasteiger partial charge < -0.3 is 10.2 Å². The summed E-state index contributed by atoms with van der Waals surface area (Å²) >= 11 is 5.75. The number of carboxylic acids is 1. The predicted molar refractivity (Wildman–Crippen MR) is 79.2 cm³/mol. The Balaban J connectivity index is 2.62. The van der Waals surface area contributed by atoms with Gasteiger partial charge in [-0.3, -0.25) is 0 Å². The van der Waals surface area contributed by atoms with Gasteiger partial charge in [-0.1, -0.05) is 24.4 Å². The number of unbranched alkanes of at least 4 members (excludes halogenated alkanes) is 3. The molecule has 8 heteroatoms. The van der Waals surface area contributed by atoms with E-state index in [2.05, 4.69) is 4.72 Å². The molecule has 0 amide bonds. The van der Waals surface area contributed by atoms with Crippen molar-refractivity contribution in [3.8, 4) is 0 Å². The van der Waals surface area contributed by atoms with Gasteiger partial charge in [0.1, 0.15) is 0 Å². The number of sulfonamides is 1. The van der Waals surface area contributed by atoms with Crippen LogP contribution in [-0.2, 0) is 10.0 Å². The van der Waals surface area contributed by atoms with Gasteiger partial charge in [-0.25, -0.2) is 17.9 Å². The number of halogens is 1. The summed E-state index contributed by atoms with van der Waals surface area (Å²) in [5, 5.41) is 17.3. The number of hydrogen-bond acceptors (Lipinski definition) is 4. The topological polar surface area (TPSA) is 104 Å². The fourth-order valence-corrected chi connectivity index (χ4v) is 3.14. The van der Waals surface area contributed by atoms with Crippen LogP contribution < -0.4 is 4.72 Å². The lowest BCUT2D eigenvalue weighted by atomic mass is 10.2. The second-order valence-corrected chi connectivity index (χ2v) is 6.66. The van der Waals surface area contributed by atoms with Gasteiger partial charge in [0.2, 0.25) is 10.0 Å². The van der Waals surface area contributed by atoms with Crippen molar-refractivity contribution in [2.45, 2.75) is 30.6 Å². The molecular weight excluding hydrogens is 318 g/mol. The third kappa shape index (κ3) is 5.62. The van der Waals surface area contributed by atoms with Crippen molar-refractivity contribution in [1.29, 1.82) is 0 Å². The van der Waals surface area contributed by atoms with Crippen LogP contribution >= 0.6 is 11.6 Å². The van der Waals surface area contributed by atoms with Gasteiger partial charge in [0, 0.05) is 13.2 Å². The first-order valence-corrected chi connectivity index (χ1v) is 8.38. The van der Waals surface area contributed by atoms with Crippen molar-refractivity contribution in [2.24, 2.45) is 0 Å². The van der Waals surface area contributed by atoms with Crippen LogP contribution in [0.2, 0.25) is 5.02 Å². The minimum absolute atomic E-state index is 0.0622. The van der Waals surface area contributed by atoms with Crippen molar-refractivity contribution >= 4 is 27.6 Å². The van der Waals surface area contributed by atoms with Crippen LogP contribution in [0.1, 0.15) is 36.0 Å². The van der Waals surface area contributed by atoms with E-state index in [1.54, 1.807) is 0 Å². The van der Waals surface area contributed by atoms with Crippen molar-refractivity contribution in [3.63, 3.8) is 0 Å². The number of aliphatic hydroxyl groups excluding tert-OH is 1. The molecule has 3 N–H and O–H groups in total. The fourth-order valence-electron chi connectivity index (χ4n) is 1.72. The Morgan fingerprint density at radius 3 is 2.43 bits per heavy atom. The van der Waals surface area contributed by atoms with E-state index >= 15 is 0 Å². The molecule has 1 aromatic carbocycles. The number of nitrogens with one attached hydrogen (secondary N) is 1. The molecule has 0 atom stereocenters. The minimum Gasteiger partial charge on any atom is -0.478 e. The molecule has 0 heterocycles. The van der Waals surface area contributed by atoms with E-state index in [1.165, 1.54) is 12.1 Å². The lowest BCUT2D eigenvalue weighted by Crippen LogP contribution is -2.25. The molecule has 0 aromatic heterocycles.